The Morgan fingerprint density at radius 2 is 1.40 bits per heavy atom. The van der Waals surface area contributed by atoms with E-state index in [0.29, 0.717) is 6.54 Å². The van der Waals surface area contributed by atoms with Crippen molar-refractivity contribution in [2.45, 2.75) is 33.9 Å². The van der Waals surface area contributed by atoms with Crippen LogP contribution in [0, 0.1) is 20.8 Å². The molecule has 2 rings (SSSR count). The first-order valence-corrected chi connectivity index (χ1v) is 7.08. The summed E-state index contributed by atoms with van der Waals surface area (Å²) in [5.74, 6) is 0. The minimum Gasteiger partial charge on any atom is -0.370 e. The summed E-state index contributed by atoms with van der Waals surface area (Å²) in [6.45, 7) is 8.03. The first-order valence-electron chi connectivity index (χ1n) is 7.08. The molecule has 0 aromatic heterocycles. The molecule has 20 heavy (non-hydrogen) atoms. The van der Waals surface area contributed by atoms with Crippen LogP contribution in [0.3, 0.4) is 0 Å². The van der Waals surface area contributed by atoms with E-state index in [-0.39, 0.29) is 0 Å². The van der Waals surface area contributed by atoms with Crippen molar-refractivity contribution in [3.63, 3.8) is 0 Å². The van der Waals surface area contributed by atoms with E-state index in [4.69, 9.17) is 5.73 Å². The lowest BCUT2D eigenvalue weighted by Gasteiger charge is -2.24. The van der Waals surface area contributed by atoms with Gasteiger partial charge in [0.1, 0.15) is 0 Å². The van der Waals surface area contributed by atoms with Gasteiger partial charge in [-0.05, 0) is 43.0 Å². The zero-order chi connectivity index (χ0) is 14.7. The smallest absolute Gasteiger partial charge is 0.0426 e. The van der Waals surface area contributed by atoms with Crippen LogP contribution in [0.4, 0.5) is 5.69 Å². The normalized spacial score (nSPS) is 10.7. The predicted octanol–water partition coefficient (Wildman–Crippen LogP) is 3.71. The van der Waals surface area contributed by atoms with E-state index >= 15 is 0 Å². The molecule has 0 amide bonds. The van der Waals surface area contributed by atoms with Crippen LogP contribution in [0.25, 0.3) is 0 Å². The highest BCUT2D eigenvalue weighted by molar-refractivity contribution is 5.60. The molecular weight excluding hydrogens is 244 g/mol. The van der Waals surface area contributed by atoms with Crippen molar-refractivity contribution in [2.75, 3.05) is 11.9 Å². The van der Waals surface area contributed by atoms with Crippen LogP contribution in [-0.2, 0) is 13.1 Å². The third kappa shape index (κ3) is 3.20. The van der Waals surface area contributed by atoms with Crippen LogP contribution in [-0.4, -0.2) is 7.05 Å². The maximum Gasteiger partial charge on any atom is 0.0426 e. The highest BCUT2D eigenvalue weighted by atomic mass is 15.1. The van der Waals surface area contributed by atoms with Gasteiger partial charge in [-0.3, -0.25) is 0 Å². The lowest BCUT2D eigenvalue weighted by molar-refractivity contribution is 0.908. The van der Waals surface area contributed by atoms with Gasteiger partial charge in [-0.2, -0.15) is 0 Å². The third-order valence-electron chi connectivity index (χ3n) is 3.70. The molecule has 2 aromatic carbocycles. The van der Waals surface area contributed by atoms with Gasteiger partial charge in [-0.1, -0.05) is 42.0 Å². The van der Waals surface area contributed by atoms with E-state index < -0.39 is 0 Å². The summed E-state index contributed by atoms with van der Waals surface area (Å²) >= 11 is 0. The van der Waals surface area contributed by atoms with Crippen molar-refractivity contribution in [2.24, 2.45) is 5.73 Å². The molecule has 0 aliphatic heterocycles. The second-order valence-corrected chi connectivity index (χ2v) is 5.62. The Morgan fingerprint density at radius 1 is 0.900 bits per heavy atom. The molecule has 0 bridgehead atoms. The fourth-order valence-corrected chi connectivity index (χ4v) is 2.91. The first kappa shape index (κ1) is 14.6. The van der Waals surface area contributed by atoms with Crippen molar-refractivity contribution in [3.05, 3.63) is 64.2 Å². The molecule has 0 aliphatic carbocycles. The maximum atomic E-state index is 5.64. The quantitative estimate of drug-likeness (QED) is 0.916. The van der Waals surface area contributed by atoms with Crippen LogP contribution in [0.1, 0.15) is 27.8 Å². The molecule has 0 saturated carbocycles. The van der Waals surface area contributed by atoms with E-state index in [0.717, 1.165) is 6.54 Å². The zero-order valence-corrected chi connectivity index (χ0v) is 12.9. The van der Waals surface area contributed by atoms with Gasteiger partial charge in [0, 0.05) is 25.8 Å². The van der Waals surface area contributed by atoms with E-state index in [2.05, 4.69) is 69.1 Å². The highest BCUT2D eigenvalue weighted by Gasteiger charge is 2.09. The molecule has 2 nitrogen and oxygen atoms in total. The van der Waals surface area contributed by atoms with E-state index in [1.165, 1.54) is 33.5 Å². The maximum absolute atomic E-state index is 5.64. The fraction of sp³-hybridized carbons (Fsp3) is 0.333. The number of aryl methyl sites for hydroxylation is 3. The van der Waals surface area contributed by atoms with Crippen molar-refractivity contribution < 1.29 is 0 Å². The molecule has 2 heteroatoms. The summed E-state index contributed by atoms with van der Waals surface area (Å²) in [6, 6.07) is 13.0. The summed E-state index contributed by atoms with van der Waals surface area (Å²) in [7, 11) is 2.15. The predicted molar refractivity (Wildman–Crippen MR) is 87.1 cm³/mol. The molecule has 0 aliphatic rings. The minimum absolute atomic E-state index is 0.603. The largest absolute Gasteiger partial charge is 0.370 e. The standard InChI is InChI=1S/C18H24N2/c1-13-9-14(2)18(15(3)10-13)20(4)12-17-7-5-16(11-19)6-8-17/h5-10H,11-12,19H2,1-4H3. The van der Waals surface area contributed by atoms with Crippen molar-refractivity contribution >= 4 is 5.69 Å². The molecule has 106 valence electrons. The summed E-state index contributed by atoms with van der Waals surface area (Å²) in [4.78, 5) is 2.32. The molecule has 2 N–H and O–H groups in total. The van der Waals surface area contributed by atoms with Crippen LogP contribution in [0.15, 0.2) is 36.4 Å². The van der Waals surface area contributed by atoms with Crippen LogP contribution in [0.5, 0.6) is 0 Å². The summed E-state index contributed by atoms with van der Waals surface area (Å²) < 4.78 is 0. The van der Waals surface area contributed by atoms with Gasteiger partial charge < -0.3 is 10.6 Å². The monoisotopic (exact) mass is 268 g/mol. The zero-order valence-electron chi connectivity index (χ0n) is 12.9. The Hall–Kier alpha value is -1.80. The number of anilines is 1. The van der Waals surface area contributed by atoms with Gasteiger partial charge in [0.15, 0.2) is 0 Å². The van der Waals surface area contributed by atoms with Crippen molar-refractivity contribution in [1.29, 1.82) is 0 Å². The topological polar surface area (TPSA) is 29.3 Å². The van der Waals surface area contributed by atoms with Gasteiger partial charge in [0.25, 0.3) is 0 Å². The average Bonchev–Trinajstić information content (AvgIpc) is 2.38. The Balaban J connectivity index is 2.21. The average molecular weight is 268 g/mol. The van der Waals surface area contributed by atoms with Gasteiger partial charge in [-0.15, -0.1) is 0 Å². The lowest BCUT2D eigenvalue weighted by atomic mass is 10.0. The van der Waals surface area contributed by atoms with Crippen molar-refractivity contribution in [1.82, 2.24) is 0 Å². The molecule has 0 radical (unpaired) electrons. The lowest BCUT2D eigenvalue weighted by Crippen LogP contribution is -2.18. The fourth-order valence-electron chi connectivity index (χ4n) is 2.91. The molecule has 2 aromatic rings. The Bertz CT molecular complexity index is 562. The Labute approximate surface area is 122 Å². The SMILES string of the molecule is Cc1cc(C)c(N(C)Cc2ccc(CN)cc2)c(C)c1. The molecule has 0 spiro atoms. The van der Waals surface area contributed by atoms with Crippen LogP contribution >= 0.6 is 0 Å². The van der Waals surface area contributed by atoms with Crippen molar-refractivity contribution in [3.8, 4) is 0 Å². The molecule has 0 atom stereocenters. The third-order valence-corrected chi connectivity index (χ3v) is 3.70. The Kier molecular flexibility index (Phi) is 4.46. The number of hydrogen-bond acceptors (Lipinski definition) is 2. The highest BCUT2D eigenvalue weighted by Crippen LogP contribution is 2.26. The summed E-state index contributed by atoms with van der Waals surface area (Å²) in [5.41, 5.74) is 13.5. The van der Waals surface area contributed by atoms with Gasteiger partial charge in [0.2, 0.25) is 0 Å². The second kappa shape index (κ2) is 6.10. The molecule has 0 fully saturated rings. The summed E-state index contributed by atoms with van der Waals surface area (Å²) in [5, 5.41) is 0. The first-order chi connectivity index (χ1) is 9.51. The van der Waals surface area contributed by atoms with Gasteiger partial charge in [0.05, 0.1) is 0 Å². The van der Waals surface area contributed by atoms with E-state index in [1.807, 2.05) is 0 Å². The van der Waals surface area contributed by atoms with Crippen LogP contribution < -0.4 is 10.6 Å². The van der Waals surface area contributed by atoms with Gasteiger partial charge >= 0.3 is 0 Å². The molecule has 0 saturated heterocycles. The summed E-state index contributed by atoms with van der Waals surface area (Å²) in [6.07, 6.45) is 0. The number of nitrogens with two attached hydrogens (primary N) is 1. The van der Waals surface area contributed by atoms with E-state index in [9.17, 15) is 0 Å². The molecule has 0 heterocycles. The minimum atomic E-state index is 0.603. The Morgan fingerprint density at radius 3 is 1.90 bits per heavy atom. The van der Waals surface area contributed by atoms with Gasteiger partial charge in [-0.25, -0.2) is 0 Å². The number of nitrogens with zero attached hydrogens (tertiary/aromatic N) is 1. The number of benzene rings is 2. The number of rotatable bonds is 4. The van der Waals surface area contributed by atoms with Crippen LogP contribution in [0.2, 0.25) is 0 Å². The number of hydrogen-bond donors (Lipinski definition) is 1. The van der Waals surface area contributed by atoms with E-state index in [1.54, 1.807) is 0 Å². The second-order valence-electron chi connectivity index (χ2n) is 5.62. The molecule has 0 unspecified atom stereocenters. The molecular formula is C18H24N2.